The number of thiazole rings is 1. The van der Waals surface area contributed by atoms with Crippen molar-refractivity contribution in [3.05, 3.63) is 70.6 Å². The first-order valence-corrected chi connectivity index (χ1v) is 9.35. The minimum atomic E-state index is -0.334. The van der Waals surface area contributed by atoms with Gasteiger partial charge in [0.05, 0.1) is 18.7 Å². The van der Waals surface area contributed by atoms with Crippen molar-refractivity contribution in [2.24, 2.45) is 0 Å². The van der Waals surface area contributed by atoms with E-state index in [1.807, 2.05) is 36.6 Å². The van der Waals surface area contributed by atoms with Crippen molar-refractivity contribution >= 4 is 11.3 Å². The maximum absolute atomic E-state index is 13.3. The molecular weight excluding hydrogens is 365 g/mol. The Labute approximate surface area is 159 Å². The fraction of sp³-hybridized carbons (Fsp3) is 0.150. The van der Waals surface area contributed by atoms with E-state index in [-0.39, 0.29) is 5.82 Å². The monoisotopic (exact) mass is 381 g/mol. The summed E-state index contributed by atoms with van der Waals surface area (Å²) in [6.07, 6.45) is 0.435. The first-order chi connectivity index (χ1) is 13.2. The lowest BCUT2D eigenvalue weighted by Crippen LogP contribution is -1.91. The van der Waals surface area contributed by atoms with Gasteiger partial charge >= 0.3 is 0 Å². The Bertz CT molecular complexity index is 1040. The minimum Gasteiger partial charge on any atom is -0.494 e. The Kier molecular flexibility index (Phi) is 4.93. The summed E-state index contributed by atoms with van der Waals surface area (Å²) in [4.78, 5) is 8.97. The number of rotatable bonds is 6. The van der Waals surface area contributed by atoms with E-state index in [0.29, 0.717) is 30.3 Å². The van der Waals surface area contributed by atoms with E-state index in [2.05, 4.69) is 15.1 Å². The third-order valence-electron chi connectivity index (χ3n) is 3.87. The van der Waals surface area contributed by atoms with E-state index in [1.165, 1.54) is 23.5 Å². The van der Waals surface area contributed by atoms with Gasteiger partial charge in [-0.1, -0.05) is 17.3 Å². The molecule has 4 aromatic rings. The summed E-state index contributed by atoms with van der Waals surface area (Å²) < 4.78 is 24.1. The average molecular weight is 381 g/mol. The summed E-state index contributed by atoms with van der Waals surface area (Å²) in [6, 6.07) is 13.9. The molecule has 4 rings (SSSR count). The van der Waals surface area contributed by atoms with Crippen molar-refractivity contribution in [3.63, 3.8) is 0 Å². The second-order valence-corrected chi connectivity index (χ2v) is 6.73. The van der Waals surface area contributed by atoms with Crippen LogP contribution in [0, 0.1) is 5.82 Å². The molecule has 0 N–H and O–H groups in total. The maximum Gasteiger partial charge on any atom is 0.233 e. The highest BCUT2D eigenvalue weighted by molar-refractivity contribution is 7.10. The lowest BCUT2D eigenvalue weighted by molar-refractivity contribution is 0.340. The average Bonchev–Trinajstić information content (AvgIpc) is 3.33. The standard InChI is InChI=1S/C20H16FN3O2S/c1-2-25-16-8-6-13(7-9-16)17-12-27-19(22-17)11-18-23-20(24-26-18)14-4-3-5-15(21)10-14/h3-10,12H,2,11H2,1H3. The highest BCUT2D eigenvalue weighted by Crippen LogP contribution is 2.26. The Hall–Kier alpha value is -3.06. The lowest BCUT2D eigenvalue weighted by atomic mass is 10.2. The predicted octanol–water partition coefficient (Wildman–Crippen LogP) is 4.99. The number of hydrogen-bond donors (Lipinski definition) is 0. The van der Waals surface area contributed by atoms with Crippen molar-refractivity contribution in [3.8, 4) is 28.4 Å². The molecule has 0 radical (unpaired) electrons. The highest BCUT2D eigenvalue weighted by Gasteiger charge is 2.12. The molecule has 136 valence electrons. The molecule has 0 bridgehead atoms. The Morgan fingerprint density at radius 1 is 1.07 bits per heavy atom. The van der Waals surface area contributed by atoms with E-state index in [4.69, 9.17) is 9.26 Å². The molecule has 0 aliphatic carbocycles. The molecule has 2 aromatic heterocycles. The topological polar surface area (TPSA) is 61.0 Å². The third-order valence-corrected chi connectivity index (χ3v) is 4.72. The van der Waals surface area contributed by atoms with Crippen LogP contribution in [0.1, 0.15) is 17.8 Å². The van der Waals surface area contributed by atoms with Crippen LogP contribution >= 0.6 is 11.3 Å². The summed E-state index contributed by atoms with van der Waals surface area (Å²) in [5.41, 5.74) is 2.49. The van der Waals surface area contributed by atoms with E-state index in [9.17, 15) is 4.39 Å². The molecule has 7 heteroatoms. The largest absolute Gasteiger partial charge is 0.494 e. The molecule has 0 aliphatic heterocycles. The number of hydrogen-bond acceptors (Lipinski definition) is 6. The van der Waals surface area contributed by atoms with Gasteiger partial charge in [-0.15, -0.1) is 11.3 Å². The molecule has 0 saturated carbocycles. The van der Waals surface area contributed by atoms with Gasteiger partial charge in [0.25, 0.3) is 0 Å². The zero-order chi connectivity index (χ0) is 18.6. The molecule has 0 aliphatic rings. The van der Waals surface area contributed by atoms with Crippen LogP contribution in [0.25, 0.3) is 22.6 Å². The second kappa shape index (κ2) is 7.67. The van der Waals surface area contributed by atoms with Crippen molar-refractivity contribution in [1.82, 2.24) is 15.1 Å². The Balaban J connectivity index is 1.48. The van der Waals surface area contributed by atoms with Crippen LogP contribution in [0.5, 0.6) is 5.75 Å². The smallest absolute Gasteiger partial charge is 0.233 e. The summed E-state index contributed by atoms with van der Waals surface area (Å²) in [5.74, 6) is 1.32. The SMILES string of the molecule is CCOc1ccc(-c2csc(Cc3nc(-c4cccc(F)c4)no3)n2)cc1. The van der Waals surface area contributed by atoms with Crippen LogP contribution in [0.3, 0.4) is 0 Å². The molecule has 0 unspecified atom stereocenters. The van der Waals surface area contributed by atoms with Crippen molar-refractivity contribution < 1.29 is 13.7 Å². The highest BCUT2D eigenvalue weighted by atomic mass is 32.1. The molecule has 2 heterocycles. The summed E-state index contributed by atoms with van der Waals surface area (Å²) in [7, 11) is 0. The summed E-state index contributed by atoms with van der Waals surface area (Å²) in [6.45, 7) is 2.60. The van der Waals surface area contributed by atoms with Crippen LogP contribution in [0.4, 0.5) is 4.39 Å². The fourth-order valence-corrected chi connectivity index (χ4v) is 3.41. The molecule has 0 fully saturated rings. The maximum atomic E-state index is 13.3. The number of aromatic nitrogens is 3. The predicted molar refractivity (Wildman–Crippen MR) is 101 cm³/mol. The normalized spacial score (nSPS) is 10.9. The van der Waals surface area contributed by atoms with Crippen molar-refractivity contribution in [2.75, 3.05) is 6.61 Å². The van der Waals surface area contributed by atoms with Crippen LogP contribution in [-0.4, -0.2) is 21.7 Å². The Morgan fingerprint density at radius 3 is 2.70 bits per heavy atom. The van der Waals surface area contributed by atoms with Crippen LogP contribution in [-0.2, 0) is 6.42 Å². The zero-order valence-corrected chi connectivity index (χ0v) is 15.4. The van der Waals surface area contributed by atoms with Gasteiger partial charge in [-0.25, -0.2) is 9.37 Å². The third kappa shape index (κ3) is 4.03. The molecule has 2 aromatic carbocycles. The molecular formula is C20H16FN3O2S. The van der Waals surface area contributed by atoms with Gasteiger partial charge in [-0.2, -0.15) is 4.98 Å². The van der Waals surface area contributed by atoms with Gasteiger partial charge in [0.15, 0.2) is 0 Å². The van der Waals surface area contributed by atoms with Gasteiger partial charge in [-0.3, -0.25) is 0 Å². The van der Waals surface area contributed by atoms with E-state index in [1.54, 1.807) is 12.1 Å². The summed E-state index contributed by atoms with van der Waals surface area (Å²) >= 11 is 1.53. The Morgan fingerprint density at radius 2 is 1.93 bits per heavy atom. The molecule has 27 heavy (non-hydrogen) atoms. The molecule has 0 saturated heterocycles. The van der Waals surface area contributed by atoms with Crippen LogP contribution in [0.2, 0.25) is 0 Å². The van der Waals surface area contributed by atoms with E-state index < -0.39 is 0 Å². The number of benzene rings is 2. The lowest BCUT2D eigenvalue weighted by Gasteiger charge is -2.03. The number of halogens is 1. The summed E-state index contributed by atoms with van der Waals surface area (Å²) in [5, 5.41) is 6.79. The van der Waals surface area contributed by atoms with Gasteiger partial charge in [0.2, 0.25) is 11.7 Å². The fourth-order valence-electron chi connectivity index (χ4n) is 2.61. The molecule has 0 amide bonds. The molecule has 0 atom stereocenters. The van der Waals surface area contributed by atoms with Gasteiger partial charge in [0, 0.05) is 16.5 Å². The zero-order valence-electron chi connectivity index (χ0n) is 14.6. The van der Waals surface area contributed by atoms with Crippen LogP contribution < -0.4 is 4.74 Å². The van der Waals surface area contributed by atoms with Gasteiger partial charge < -0.3 is 9.26 Å². The molecule has 0 spiro atoms. The van der Waals surface area contributed by atoms with Crippen molar-refractivity contribution in [2.45, 2.75) is 13.3 Å². The molecule has 5 nitrogen and oxygen atoms in total. The first-order valence-electron chi connectivity index (χ1n) is 8.47. The number of nitrogens with zero attached hydrogens (tertiary/aromatic N) is 3. The quantitative estimate of drug-likeness (QED) is 0.471. The first kappa shape index (κ1) is 17.4. The van der Waals surface area contributed by atoms with Gasteiger partial charge in [-0.05, 0) is 43.3 Å². The van der Waals surface area contributed by atoms with Gasteiger partial charge in [0.1, 0.15) is 16.6 Å². The van der Waals surface area contributed by atoms with E-state index in [0.717, 1.165) is 22.0 Å². The minimum absolute atomic E-state index is 0.334. The van der Waals surface area contributed by atoms with E-state index >= 15 is 0 Å². The second-order valence-electron chi connectivity index (χ2n) is 5.78. The van der Waals surface area contributed by atoms with Crippen molar-refractivity contribution in [1.29, 1.82) is 0 Å². The van der Waals surface area contributed by atoms with Crippen LogP contribution in [0.15, 0.2) is 58.4 Å². The number of ether oxygens (including phenoxy) is 1.